The molecule has 2 aromatic rings. The maximum Gasteiger partial charge on any atom is 0.0981 e. The Labute approximate surface area is 93.5 Å². The van der Waals surface area contributed by atoms with Crippen molar-refractivity contribution in [3.63, 3.8) is 0 Å². The lowest BCUT2D eigenvalue weighted by molar-refractivity contribution is 1.50. The monoisotopic (exact) mass is 221 g/mol. The lowest BCUT2D eigenvalue weighted by atomic mass is 10.1. The van der Waals surface area contributed by atoms with E-state index < -0.39 is 0 Å². The van der Waals surface area contributed by atoms with E-state index in [0.717, 1.165) is 11.4 Å². The van der Waals surface area contributed by atoms with Crippen molar-refractivity contribution >= 4 is 38.5 Å². The number of thiophene rings is 1. The van der Waals surface area contributed by atoms with Crippen molar-refractivity contribution in [2.45, 2.75) is 0 Å². The third kappa shape index (κ3) is 1.61. The molecule has 3 nitrogen and oxygen atoms in total. The second kappa shape index (κ2) is 3.98. The molecule has 0 aliphatic heterocycles. The van der Waals surface area contributed by atoms with Crippen LogP contribution in [0.4, 0.5) is 16.4 Å². The van der Waals surface area contributed by atoms with Gasteiger partial charge in [0.2, 0.25) is 0 Å². The van der Waals surface area contributed by atoms with E-state index >= 15 is 0 Å². The first kappa shape index (κ1) is 10.1. The van der Waals surface area contributed by atoms with Crippen LogP contribution in [0.25, 0.3) is 10.8 Å². The van der Waals surface area contributed by atoms with Crippen LogP contribution in [0.3, 0.4) is 0 Å². The normalized spacial score (nSPS) is 10.3. The number of anilines is 3. The van der Waals surface area contributed by atoms with Gasteiger partial charge in [-0.1, -0.05) is 0 Å². The van der Waals surface area contributed by atoms with Gasteiger partial charge in [0.15, 0.2) is 0 Å². The summed E-state index contributed by atoms with van der Waals surface area (Å²) in [5.41, 5.74) is 2.29. The van der Waals surface area contributed by atoms with Crippen LogP contribution in [-0.2, 0) is 0 Å². The van der Waals surface area contributed by atoms with Gasteiger partial charge in [-0.15, -0.1) is 11.3 Å². The molecule has 0 fully saturated rings. The van der Waals surface area contributed by atoms with Gasteiger partial charge < -0.3 is 16.0 Å². The third-order valence-corrected chi connectivity index (χ3v) is 3.50. The van der Waals surface area contributed by atoms with E-state index in [1.807, 2.05) is 21.1 Å². The van der Waals surface area contributed by atoms with Gasteiger partial charge in [0.1, 0.15) is 0 Å². The van der Waals surface area contributed by atoms with Crippen molar-refractivity contribution in [1.29, 1.82) is 0 Å². The summed E-state index contributed by atoms with van der Waals surface area (Å²) in [6.07, 6.45) is 0. The van der Waals surface area contributed by atoms with Crippen LogP contribution in [0.15, 0.2) is 17.5 Å². The Hall–Kier alpha value is -1.42. The van der Waals surface area contributed by atoms with E-state index in [-0.39, 0.29) is 0 Å². The topological polar surface area (TPSA) is 36.1 Å². The standard InChI is InChI=1S/C11H15N3S/c1-12-8-4-7-6-15-11(14-3)10(7)9(5-8)13-2/h4-6,12-14H,1-3H3. The summed E-state index contributed by atoms with van der Waals surface area (Å²) in [6.45, 7) is 0. The molecule has 3 N–H and O–H groups in total. The highest BCUT2D eigenvalue weighted by Gasteiger charge is 2.08. The Morgan fingerprint density at radius 1 is 1.00 bits per heavy atom. The molecule has 0 saturated carbocycles. The van der Waals surface area contributed by atoms with Crippen LogP contribution in [0.5, 0.6) is 0 Å². The zero-order valence-electron chi connectivity index (χ0n) is 9.14. The molecule has 0 aliphatic rings. The predicted molar refractivity (Wildman–Crippen MR) is 70.5 cm³/mol. The van der Waals surface area contributed by atoms with Crippen molar-refractivity contribution < 1.29 is 0 Å². The fourth-order valence-electron chi connectivity index (χ4n) is 1.72. The van der Waals surface area contributed by atoms with Crippen molar-refractivity contribution in [3.8, 4) is 0 Å². The third-order valence-electron chi connectivity index (χ3n) is 2.48. The Kier molecular flexibility index (Phi) is 2.68. The van der Waals surface area contributed by atoms with E-state index in [2.05, 4.69) is 33.5 Å². The minimum atomic E-state index is 1.13. The van der Waals surface area contributed by atoms with Crippen molar-refractivity contribution in [3.05, 3.63) is 17.5 Å². The molecule has 1 aromatic heterocycles. The van der Waals surface area contributed by atoms with Gasteiger partial charge in [-0.25, -0.2) is 0 Å². The fourth-order valence-corrected chi connectivity index (χ4v) is 2.61. The Morgan fingerprint density at radius 3 is 2.40 bits per heavy atom. The summed E-state index contributed by atoms with van der Waals surface area (Å²) in [5, 5.41) is 15.5. The van der Waals surface area contributed by atoms with E-state index in [1.54, 1.807) is 11.3 Å². The highest BCUT2D eigenvalue weighted by Crippen LogP contribution is 2.38. The quantitative estimate of drug-likeness (QED) is 0.745. The molecule has 0 spiro atoms. The van der Waals surface area contributed by atoms with Gasteiger partial charge in [-0.05, 0) is 17.5 Å². The number of hydrogen-bond donors (Lipinski definition) is 3. The maximum absolute atomic E-state index is 3.23. The SMILES string of the molecule is CNc1cc(NC)c2c(NC)scc2c1. The van der Waals surface area contributed by atoms with Crippen molar-refractivity contribution in [1.82, 2.24) is 0 Å². The summed E-state index contributed by atoms with van der Waals surface area (Å²) in [4.78, 5) is 0. The molecule has 0 amide bonds. The summed E-state index contributed by atoms with van der Waals surface area (Å²) in [7, 11) is 5.84. The number of rotatable bonds is 3. The summed E-state index contributed by atoms with van der Waals surface area (Å²) < 4.78 is 0. The molecule has 15 heavy (non-hydrogen) atoms. The van der Waals surface area contributed by atoms with Gasteiger partial charge in [0.25, 0.3) is 0 Å². The molecule has 1 aromatic carbocycles. The molecule has 0 saturated heterocycles. The highest BCUT2D eigenvalue weighted by molar-refractivity contribution is 7.16. The molecule has 1 heterocycles. The molecule has 0 bridgehead atoms. The molecule has 80 valence electrons. The fraction of sp³-hybridized carbons (Fsp3) is 0.273. The van der Waals surface area contributed by atoms with Crippen molar-refractivity contribution in [2.75, 3.05) is 37.1 Å². The first-order valence-corrected chi connectivity index (χ1v) is 5.76. The van der Waals surface area contributed by atoms with Crippen LogP contribution >= 0.6 is 11.3 Å². The minimum absolute atomic E-state index is 1.13. The van der Waals surface area contributed by atoms with Crippen LogP contribution in [0.1, 0.15) is 0 Å². The zero-order valence-corrected chi connectivity index (χ0v) is 9.96. The molecule has 0 atom stereocenters. The van der Waals surface area contributed by atoms with Gasteiger partial charge in [0.05, 0.1) is 5.00 Å². The van der Waals surface area contributed by atoms with Crippen LogP contribution in [0, 0.1) is 0 Å². The predicted octanol–water partition coefficient (Wildman–Crippen LogP) is 3.03. The molecular weight excluding hydrogens is 206 g/mol. The molecule has 0 radical (unpaired) electrons. The van der Waals surface area contributed by atoms with Gasteiger partial charge in [0, 0.05) is 43.3 Å². The van der Waals surface area contributed by atoms with E-state index in [1.165, 1.54) is 15.8 Å². The van der Waals surface area contributed by atoms with E-state index in [0.29, 0.717) is 0 Å². The highest BCUT2D eigenvalue weighted by atomic mass is 32.1. The lowest BCUT2D eigenvalue weighted by Crippen LogP contribution is -1.94. The molecule has 0 aliphatic carbocycles. The average Bonchev–Trinajstić information content (AvgIpc) is 2.70. The number of nitrogens with one attached hydrogen (secondary N) is 3. The van der Waals surface area contributed by atoms with Crippen LogP contribution < -0.4 is 16.0 Å². The molecule has 4 heteroatoms. The number of benzene rings is 1. The number of fused-ring (bicyclic) bond motifs is 1. The van der Waals surface area contributed by atoms with Crippen LogP contribution in [-0.4, -0.2) is 21.1 Å². The van der Waals surface area contributed by atoms with Gasteiger partial charge in [-0.2, -0.15) is 0 Å². The summed E-state index contributed by atoms with van der Waals surface area (Å²) >= 11 is 1.73. The summed E-state index contributed by atoms with van der Waals surface area (Å²) in [6, 6.07) is 4.28. The Bertz CT molecular complexity index is 476. The molecule has 0 unspecified atom stereocenters. The maximum atomic E-state index is 3.23. The molecule has 2 rings (SSSR count). The van der Waals surface area contributed by atoms with Crippen molar-refractivity contribution in [2.24, 2.45) is 0 Å². The number of hydrogen-bond acceptors (Lipinski definition) is 4. The summed E-state index contributed by atoms with van der Waals surface area (Å²) in [5.74, 6) is 0. The minimum Gasteiger partial charge on any atom is -0.388 e. The lowest BCUT2D eigenvalue weighted by Gasteiger charge is -2.08. The first-order chi connectivity index (χ1) is 7.30. The Morgan fingerprint density at radius 2 is 1.80 bits per heavy atom. The first-order valence-electron chi connectivity index (χ1n) is 4.88. The van der Waals surface area contributed by atoms with Gasteiger partial charge >= 0.3 is 0 Å². The van der Waals surface area contributed by atoms with E-state index in [4.69, 9.17) is 0 Å². The smallest absolute Gasteiger partial charge is 0.0981 e. The van der Waals surface area contributed by atoms with E-state index in [9.17, 15) is 0 Å². The largest absolute Gasteiger partial charge is 0.388 e. The van der Waals surface area contributed by atoms with Crippen LogP contribution in [0.2, 0.25) is 0 Å². The second-order valence-electron chi connectivity index (χ2n) is 3.30. The zero-order chi connectivity index (χ0) is 10.8. The molecular formula is C11H15N3S. The van der Waals surface area contributed by atoms with Gasteiger partial charge in [-0.3, -0.25) is 0 Å². The average molecular weight is 221 g/mol. The second-order valence-corrected chi connectivity index (χ2v) is 4.18. The Balaban J connectivity index is 2.72.